The van der Waals surface area contributed by atoms with Crippen LogP contribution in [0, 0.1) is 0 Å². The molecule has 0 spiro atoms. The van der Waals surface area contributed by atoms with Crippen LogP contribution in [0.1, 0.15) is 25.8 Å². The van der Waals surface area contributed by atoms with Crippen LogP contribution in [-0.4, -0.2) is 29.1 Å². The minimum Gasteiger partial charge on any atom is -0.409 e. The maximum absolute atomic E-state index is 8.52. The normalized spacial score (nSPS) is 13.6. The monoisotopic (exact) mass is 222 g/mol. The minimum absolute atomic E-state index is 0.0743. The molecule has 88 valence electrons. The van der Waals surface area contributed by atoms with Gasteiger partial charge in [-0.15, -0.1) is 0 Å². The second kappa shape index (κ2) is 5.34. The molecule has 1 atom stereocenters. The number of nitrogens with two attached hydrogens (primary N) is 1. The van der Waals surface area contributed by atoms with Crippen LogP contribution in [0.5, 0.6) is 0 Å². The van der Waals surface area contributed by atoms with Gasteiger partial charge in [0, 0.05) is 24.8 Å². The summed E-state index contributed by atoms with van der Waals surface area (Å²) in [6.07, 6.45) is 2.66. The van der Waals surface area contributed by atoms with E-state index in [4.69, 9.17) is 10.9 Å². The van der Waals surface area contributed by atoms with E-state index < -0.39 is 0 Å². The summed E-state index contributed by atoms with van der Waals surface area (Å²) in [6, 6.07) is 4.08. The van der Waals surface area contributed by atoms with Crippen LogP contribution in [0.3, 0.4) is 0 Å². The van der Waals surface area contributed by atoms with Crippen molar-refractivity contribution in [2.45, 2.75) is 26.3 Å². The Bertz CT molecular complexity index is 361. The fourth-order valence-electron chi connectivity index (χ4n) is 1.30. The smallest absolute Gasteiger partial charge is 0.171 e. The second-order valence-corrected chi connectivity index (χ2v) is 3.76. The first kappa shape index (κ1) is 12.3. The average Bonchev–Trinajstić information content (AvgIpc) is 2.36. The van der Waals surface area contributed by atoms with Gasteiger partial charge in [0.2, 0.25) is 0 Å². The Balaban J connectivity index is 2.86. The minimum atomic E-state index is 0.0743. The van der Waals surface area contributed by atoms with Crippen LogP contribution in [0.2, 0.25) is 0 Å². The van der Waals surface area contributed by atoms with E-state index >= 15 is 0 Å². The summed E-state index contributed by atoms with van der Waals surface area (Å²) in [7, 11) is 2.00. The molecule has 5 heteroatoms. The standard InChI is InChI=1S/C11H18N4O/c1-4-8(2)15(3)10-6-5-9(7-13-10)11(12)14-16/h5-8,16H,4H2,1-3H3,(H2,12,14). The van der Waals surface area contributed by atoms with Crippen molar-refractivity contribution in [3.63, 3.8) is 0 Å². The van der Waals surface area contributed by atoms with Gasteiger partial charge in [-0.05, 0) is 25.5 Å². The highest BCUT2D eigenvalue weighted by Gasteiger charge is 2.09. The zero-order chi connectivity index (χ0) is 12.1. The molecule has 1 heterocycles. The largest absolute Gasteiger partial charge is 0.409 e. The summed E-state index contributed by atoms with van der Waals surface area (Å²) in [5.74, 6) is 0.953. The predicted molar refractivity (Wildman–Crippen MR) is 64.9 cm³/mol. The quantitative estimate of drug-likeness (QED) is 0.349. The number of aromatic nitrogens is 1. The van der Waals surface area contributed by atoms with Gasteiger partial charge < -0.3 is 15.8 Å². The number of oxime groups is 1. The Labute approximate surface area is 95.6 Å². The molecular weight excluding hydrogens is 204 g/mol. The molecule has 5 nitrogen and oxygen atoms in total. The van der Waals surface area contributed by atoms with Crippen LogP contribution >= 0.6 is 0 Å². The molecule has 1 aromatic heterocycles. The third kappa shape index (κ3) is 2.62. The Kier molecular flexibility index (Phi) is 4.10. The third-order valence-corrected chi connectivity index (χ3v) is 2.76. The van der Waals surface area contributed by atoms with E-state index in [1.807, 2.05) is 13.1 Å². The van der Waals surface area contributed by atoms with Gasteiger partial charge in [0.25, 0.3) is 0 Å². The highest BCUT2D eigenvalue weighted by atomic mass is 16.4. The van der Waals surface area contributed by atoms with E-state index in [1.165, 1.54) is 0 Å². The van der Waals surface area contributed by atoms with Crippen molar-refractivity contribution in [2.75, 3.05) is 11.9 Å². The molecule has 0 saturated heterocycles. The summed E-state index contributed by atoms with van der Waals surface area (Å²) in [4.78, 5) is 6.36. The molecule has 1 aromatic rings. The molecular formula is C11H18N4O. The Hall–Kier alpha value is -1.78. The predicted octanol–water partition coefficient (Wildman–Crippen LogP) is 1.41. The van der Waals surface area contributed by atoms with Crippen molar-refractivity contribution < 1.29 is 5.21 Å². The zero-order valence-corrected chi connectivity index (χ0v) is 9.88. The van der Waals surface area contributed by atoms with E-state index in [0.29, 0.717) is 11.6 Å². The number of amidine groups is 1. The first-order valence-electron chi connectivity index (χ1n) is 5.27. The molecule has 16 heavy (non-hydrogen) atoms. The summed E-state index contributed by atoms with van der Waals surface area (Å²) in [5, 5.41) is 11.4. The molecule has 0 radical (unpaired) electrons. The van der Waals surface area contributed by atoms with Gasteiger partial charge in [-0.2, -0.15) is 0 Å². The molecule has 1 rings (SSSR count). The van der Waals surface area contributed by atoms with E-state index in [2.05, 4.69) is 28.9 Å². The van der Waals surface area contributed by atoms with Gasteiger partial charge in [0.1, 0.15) is 5.82 Å². The molecule has 0 aliphatic carbocycles. The SMILES string of the molecule is CCC(C)N(C)c1ccc(/C(N)=N/O)cn1. The molecule has 0 amide bonds. The maximum Gasteiger partial charge on any atom is 0.171 e. The number of pyridine rings is 1. The number of hydrogen-bond acceptors (Lipinski definition) is 4. The van der Waals surface area contributed by atoms with Crippen molar-refractivity contribution in [2.24, 2.45) is 10.9 Å². The van der Waals surface area contributed by atoms with Crippen LogP contribution in [0.4, 0.5) is 5.82 Å². The van der Waals surface area contributed by atoms with Crippen molar-refractivity contribution in [1.29, 1.82) is 0 Å². The third-order valence-electron chi connectivity index (χ3n) is 2.76. The van der Waals surface area contributed by atoms with Gasteiger partial charge in [0.15, 0.2) is 5.84 Å². The zero-order valence-electron chi connectivity index (χ0n) is 9.88. The Morgan fingerprint density at radius 1 is 1.62 bits per heavy atom. The fraction of sp³-hybridized carbons (Fsp3) is 0.455. The van der Waals surface area contributed by atoms with E-state index in [9.17, 15) is 0 Å². The Morgan fingerprint density at radius 2 is 2.31 bits per heavy atom. The summed E-state index contributed by atoms with van der Waals surface area (Å²) >= 11 is 0. The van der Waals surface area contributed by atoms with Crippen molar-refractivity contribution >= 4 is 11.7 Å². The van der Waals surface area contributed by atoms with E-state index in [-0.39, 0.29) is 5.84 Å². The molecule has 0 bridgehead atoms. The van der Waals surface area contributed by atoms with Crippen LogP contribution in [0.15, 0.2) is 23.5 Å². The lowest BCUT2D eigenvalue weighted by atomic mass is 10.2. The molecule has 0 aliphatic rings. The molecule has 1 unspecified atom stereocenters. The highest BCUT2D eigenvalue weighted by Crippen LogP contribution is 2.13. The molecule has 0 aliphatic heterocycles. The lowest BCUT2D eigenvalue weighted by molar-refractivity contribution is 0.318. The second-order valence-electron chi connectivity index (χ2n) is 3.76. The number of anilines is 1. The first-order valence-corrected chi connectivity index (χ1v) is 5.27. The molecule has 0 fully saturated rings. The fourth-order valence-corrected chi connectivity index (χ4v) is 1.30. The van der Waals surface area contributed by atoms with Gasteiger partial charge in [-0.1, -0.05) is 12.1 Å². The van der Waals surface area contributed by atoms with E-state index in [1.54, 1.807) is 12.3 Å². The Morgan fingerprint density at radius 3 is 2.75 bits per heavy atom. The number of hydrogen-bond donors (Lipinski definition) is 2. The van der Waals surface area contributed by atoms with Crippen LogP contribution < -0.4 is 10.6 Å². The number of rotatable bonds is 4. The topological polar surface area (TPSA) is 74.7 Å². The molecule has 0 aromatic carbocycles. The van der Waals surface area contributed by atoms with Gasteiger partial charge in [0.05, 0.1) is 0 Å². The van der Waals surface area contributed by atoms with E-state index in [0.717, 1.165) is 12.2 Å². The average molecular weight is 222 g/mol. The number of nitrogens with zero attached hydrogens (tertiary/aromatic N) is 3. The maximum atomic E-state index is 8.52. The highest BCUT2D eigenvalue weighted by molar-refractivity contribution is 5.96. The molecule has 0 saturated carbocycles. The lowest BCUT2D eigenvalue weighted by Crippen LogP contribution is -2.28. The van der Waals surface area contributed by atoms with Crippen molar-refractivity contribution in [3.8, 4) is 0 Å². The summed E-state index contributed by atoms with van der Waals surface area (Å²) in [5.41, 5.74) is 6.07. The lowest BCUT2D eigenvalue weighted by Gasteiger charge is -2.24. The van der Waals surface area contributed by atoms with Gasteiger partial charge in [-0.25, -0.2) is 4.98 Å². The van der Waals surface area contributed by atoms with Gasteiger partial charge in [-0.3, -0.25) is 0 Å². The van der Waals surface area contributed by atoms with Crippen LogP contribution in [0.25, 0.3) is 0 Å². The van der Waals surface area contributed by atoms with Crippen LogP contribution in [-0.2, 0) is 0 Å². The summed E-state index contributed by atoms with van der Waals surface area (Å²) in [6.45, 7) is 4.27. The summed E-state index contributed by atoms with van der Waals surface area (Å²) < 4.78 is 0. The van der Waals surface area contributed by atoms with Gasteiger partial charge >= 0.3 is 0 Å². The van der Waals surface area contributed by atoms with Crippen molar-refractivity contribution in [3.05, 3.63) is 23.9 Å². The first-order chi connectivity index (χ1) is 7.60. The molecule has 3 N–H and O–H groups in total. The van der Waals surface area contributed by atoms with Crippen molar-refractivity contribution in [1.82, 2.24) is 4.98 Å².